The molecule has 4 aromatic rings. The summed E-state index contributed by atoms with van der Waals surface area (Å²) in [6, 6.07) is 17.1. The van der Waals surface area contributed by atoms with Crippen molar-refractivity contribution < 1.29 is 14.5 Å². The summed E-state index contributed by atoms with van der Waals surface area (Å²) < 4.78 is 7.39. The van der Waals surface area contributed by atoms with E-state index in [-0.39, 0.29) is 23.9 Å². The van der Waals surface area contributed by atoms with Crippen LogP contribution in [0.3, 0.4) is 0 Å². The van der Waals surface area contributed by atoms with Gasteiger partial charge in [-0.1, -0.05) is 41.4 Å². The van der Waals surface area contributed by atoms with E-state index in [1.165, 1.54) is 17.4 Å². The summed E-state index contributed by atoms with van der Waals surface area (Å²) in [6.45, 7) is 0.312. The van der Waals surface area contributed by atoms with Crippen molar-refractivity contribution >= 4 is 57.5 Å². The first-order valence-electron chi connectivity index (χ1n) is 10.4. The highest BCUT2D eigenvalue weighted by Gasteiger charge is 2.19. The van der Waals surface area contributed by atoms with Crippen LogP contribution in [0, 0.1) is 10.1 Å². The number of ether oxygens (including phenoxy) is 1. The predicted molar refractivity (Wildman–Crippen MR) is 136 cm³/mol. The predicted octanol–water partition coefficient (Wildman–Crippen LogP) is 6.04. The van der Waals surface area contributed by atoms with Gasteiger partial charge in [-0.2, -0.15) is 0 Å². The number of carbonyl (C=O) groups is 1. The number of hydrogen-bond acceptors (Lipinski definition) is 6. The van der Waals surface area contributed by atoms with Crippen molar-refractivity contribution in [1.29, 1.82) is 0 Å². The second kappa shape index (κ2) is 9.53. The quantitative estimate of drug-likeness (QED) is 0.253. The highest BCUT2D eigenvalue weighted by atomic mass is 35.5. The van der Waals surface area contributed by atoms with Crippen LogP contribution < -0.4 is 14.9 Å². The molecule has 1 aromatic heterocycles. The number of fused-ring (bicyclic) bond motifs is 1. The molecule has 0 spiro atoms. The van der Waals surface area contributed by atoms with E-state index in [1.807, 2.05) is 28.1 Å². The number of nitro benzene ring substituents is 1. The molecule has 176 valence electrons. The molecule has 1 amide bonds. The lowest BCUT2D eigenvalue weighted by molar-refractivity contribution is -0.384. The molecule has 1 N–H and O–H groups in total. The Morgan fingerprint density at radius 3 is 2.77 bits per heavy atom. The van der Waals surface area contributed by atoms with E-state index in [2.05, 4.69) is 10.3 Å². The van der Waals surface area contributed by atoms with Crippen LogP contribution in [0.1, 0.15) is 5.56 Å². The van der Waals surface area contributed by atoms with Gasteiger partial charge in [-0.15, -0.1) is 11.3 Å². The first-order valence-corrected chi connectivity index (χ1v) is 12.0. The number of amides is 1. The zero-order chi connectivity index (χ0) is 24.5. The summed E-state index contributed by atoms with van der Waals surface area (Å²) in [4.78, 5) is 28.0. The molecular weight excluding hydrogens is 511 g/mol. The van der Waals surface area contributed by atoms with E-state index >= 15 is 0 Å². The molecule has 3 aromatic carbocycles. The van der Waals surface area contributed by atoms with Crippen LogP contribution in [0.5, 0.6) is 5.75 Å². The summed E-state index contributed by atoms with van der Waals surface area (Å²) >= 11 is 13.9. The summed E-state index contributed by atoms with van der Waals surface area (Å²) in [5.41, 5.74) is 3.12. The summed E-state index contributed by atoms with van der Waals surface area (Å²) in [6.07, 6.45) is 0. The van der Waals surface area contributed by atoms with Gasteiger partial charge in [0.1, 0.15) is 11.4 Å². The Morgan fingerprint density at radius 1 is 1.14 bits per heavy atom. The van der Waals surface area contributed by atoms with E-state index < -0.39 is 4.92 Å². The Bertz CT molecular complexity index is 1550. The van der Waals surface area contributed by atoms with Gasteiger partial charge in [-0.3, -0.25) is 14.9 Å². The van der Waals surface area contributed by atoms with Gasteiger partial charge in [0.15, 0.2) is 11.4 Å². The third kappa shape index (κ3) is 4.79. The molecular formula is C24H16Cl2N4O4S. The van der Waals surface area contributed by atoms with Gasteiger partial charge in [0.25, 0.3) is 11.6 Å². The number of aromatic nitrogens is 1. The Labute approximate surface area is 213 Å². The molecule has 1 aliphatic rings. The van der Waals surface area contributed by atoms with Crippen molar-refractivity contribution in [3.63, 3.8) is 0 Å². The van der Waals surface area contributed by atoms with Crippen molar-refractivity contribution in [2.45, 2.75) is 6.54 Å². The molecule has 2 heterocycles. The van der Waals surface area contributed by atoms with Crippen molar-refractivity contribution in [3.05, 3.63) is 96.6 Å². The molecule has 0 bridgehead atoms. The molecule has 0 atom stereocenters. The lowest BCUT2D eigenvalue weighted by Crippen LogP contribution is -2.25. The molecule has 11 heteroatoms. The van der Waals surface area contributed by atoms with Gasteiger partial charge >= 0.3 is 0 Å². The highest BCUT2D eigenvalue weighted by molar-refractivity contribution is 7.07. The molecule has 0 fully saturated rings. The number of nitrogens with one attached hydrogen (secondary N) is 1. The van der Waals surface area contributed by atoms with Gasteiger partial charge in [-0.05, 0) is 42.0 Å². The molecule has 8 nitrogen and oxygen atoms in total. The van der Waals surface area contributed by atoms with Crippen LogP contribution in [-0.4, -0.2) is 22.0 Å². The highest BCUT2D eigenvalue weighted by Crippen LogP contribution is 2.34. The summed E-state index contributed by atoms with van der Waals surface area (Å²) in [7, 11) is 0. The van der Waals surface area contributed by atoms with Crippen LogP contribution >= 0.6 is 34.5 Å². The molecule has 35 heavy (non-hydrogen) atoms. The lowest BCUT2D eigenvalue weighted by atomic mass is 10.1. The zero-order valence-corrected chi connectivity index (χ0v) is 20.2. The van der Waals surface area contributed by atoms with Gasteiger partial charge in [0, 0.05) is 27.1 Å². The number of benzene rings is 3. The minimum Gasteiger partial charge on any atom is -0.482 e. The number of nitro groups is 1. The average Bonchev–Trinajstić information content (AvgIpc) is 3.22. The van der Waals surface area contributed by atoms with Crippen LogP contribution in [0.25, 0.3) is 11.3 Å². The number of halogens is 2. The Morgan fingerprint density at radius 2 is 1.97 bits per heavy atom. The topological polar surface area (TPSA) is 98.8 Å². The maximum absolute atomic E-state index is 11.8. The third-order valence-corrected chi connectivity index (χ3v) is 6.79. The number of nitrogens with zero attached hydrogens (tertiary/aromatic N) is 3. The number of rotatable bonds is 5. The summed E-state index contributed by atoms with van der Waals surface area (Å²) in [5.74, 6) is 0.355. The van der Waals surface area contributed by atoms with Crippen molar-refractivity contribution in [1.82, 2.24) is 4.57 Å². The van der Waals surface area contributed by atoms with Crippen LogP contribution in [-0.2, 0) is 11.3 Å². The fraction of sp³-hybridized carbons (Fsp3) is 0.0833. The van der Waals surface area contributed by atoms with Gasteiger partial charge in [0.2, 0.25) is 0 Å². The molecule has 0 unspecified atom stereocenters. The molecule has 0 radical (unpaired) electrons. The van der Waals surface area contributed by atoms with E-state index in [0.717, 1.165) is 16.8 Å². The first-order chi connectivity index (χ1) is 16.9. The molecule has 1 aliphatic heterocycles. The maximum Gasteiger partial charge on any atom is 0.294 e. The lowest BCUT2D eigenvalue weighted by Gasteiger charge is -2.19. The molecule has 0 saturated heterocycles. The van der Waals surface area contributed by atoms with Gasteiger partial charge in [0.05, 0.1) is 22.8 Å². The van der Waals surface area contributed by atoms with E-state index in [4.69, 9.17) is 27.9 Å². The standard InChI is InChI=1S/C24H16Cl2N4O4S/c25-16-7-5-15(17(26)10-16)11-29-21(14-6-8-22-19(9-14)27-23(31)12-34-22)13-35-24(29)28-18-3-1-2-4-20(18)30(32)33/h1-10,13H,11-12H2,(H,27,31). The van der Waals surface area contributed by atoms with Crippen molar-refractivity contribution in [2.24, 2.45) is 4.99 Å². The third-order valence-electron chi connectivity index (χ3n) is 5.34. The Kier molecular flexibility index (Phi) is 6.29. The van der Waals surface area contributed by atoms with Gasteiger partial charge in [-0.25, -0.2) is 4.99 Å². The molecule has 0 aliphatic carbocycles. The second-order valence-electron chi connectivity index (χ2n) is 7.63. The average molecular weight is 527 g/mol. The zero-order valence-electron chi connectivity index (χ0n) is 17.9. The van der Waals surface area contributed by atoms with Crippen LogP contribution in [0.15, 0.2) is 71.0 Å². The second-order valence-corrected chi connectivity index (χ2v) is 9.31. The number of para-hydroxylation sites is 2. The SMILES string of the molecule is O=C1COc2ccc(-c3csc(=Nc4ccccc4[N+](=O)[O-])n3Cc3ccc(Cl)cc3Cl)cc2N1. The molecule has 5 rings (SSSR count). The Hall–Kier alpha value is -3.66. The summed E-state index contributed by atoms with van der Waals surface area (Å²) in [5, 5.41) is 17.3. The van der Waals surface area contributed by atoms with Crippen molar-refractivity contribution in [2.75, 3.05) is 11.9 Å². The normalized spacial score (nSPS) is 13.2. The van der Waals surface area contributed by atoms with E-state index in [1.54, 1.807) is 36.4 Å². The number of carbonyl (C=O) groups excluding carboxylic acids is 1. The number of thiazole rings is 1. The number of hydrogen-bond donors (Lipinski definition) is 1. The fourth-order valence-electron chi connectivity index (χ4n) is 3.68. The Balaban J connectivity index is 1.67. The molecule has 0 saturated carbocycles. The monoisotopic (exact) mass is 526 g/mol. The van der Waals surface area contributed by atoms with E-state index in [9.17, 15) is 14.9 Å². The van der Waals surface area contributed by atoms with Crippen molar-refractivity contribution in [3.8, 4) is 17.0 Å². The van der Waals surface area contributed by atoms with E-state index in [0.29, 0.717) is 32.8 Å². The number of anilines is 1. The fourth-order valence-corrected chi connectivity index (χ4v) is 5.07. The van der Waals surface area contributed by atoms with Crippen LogP contribution in [0.2, 0.25) is 10.0 Å². The minimum absolute atomic E-state index is 0.0290. The van der Waals surface area contributed by atoms with Crippen LogP contribution in [0.4, 0.5) is 17.1 Å². The maximum atomic E-state index is 11.8. The van der Waals surface area contributed by atoms with Gasteiger partial charge < -0.3 is 14.6 Å². The minimum atomic E-state index is -0.458. The smallest absolute Gasteiger partial charge is 0.294 e. The first kappa shape index (κ1) is 23.1. The largest absolute Gasteiger partial charge is 0.482 e.